The Hall–Kier alpha value is -3.06. The quantitative estimate of drug-likeness (QED) is 0.318. The molecule has 1 aromatic carbocycles. The van der Waals surface area contributed by atoms with Crippen molar-refractivity contribution in [1.29, 1.82) is 0 Å². The van der Waals surface area contributed by atoms with E-state index < -0.39 is 0 Å². The van der Waals surface area contributed by atoms with Crippen LogP contribution in [0.15, 0.2) is 24.4 Å². The fraction of sp³-hybridized carbons (Fsp3) is 0.458. The monoisotopic (exact) mass is 543 g/mol. The van der Waals surface area contributed by atoms with E-state index in [0.717, 1.165) is 44.6 Å². The van der Waals surface area contributed by atoms with Gasteiger partial charge in [-0.05, 0) is 37.8 Å². The summed E-state index contributed by atoms with van der Waals surface area (Å²) in [6.07, 6.45) is 4.91. The van der Waals surface area contributed by atoms with Crippen LogP contribution in [0, 0.1) is 6.92 Å². The maximum atomic E-state index is 12.8. The Balaban J connectivity index is 1.31. The molecule has 37 heavy (non-hydrogen) atoms. The highest BCUT2D eigenvalue weighted by molar-refractivity contribution is 7.17. The van der Waals surface area contributed by atoms with Crippen molar-refractivity contribution in [2.45, 2.75) is 32.2 Å². The number of β-amino-alcohol motifs (C(OH)–C–C–N with tert-alkyl or cyclic N) is 1. The fourth-order valence-corrected chi connectivity index (χ4v) is 5.15. The molecule has 0 bridgehead atoms. The second kappa shape index (κ2) is 11.5. The van der Waals surface area contributed by atoms with Gasteiger partial charge in [0, 0.05) is 38.8 Å². The summed E-state index contributed by atoms with van der Waals surface area (Å²) in [4.78, 5) is 35.9. The molecule has 1 amide bonds. The van der Waals surface area contributed by atoms with Gasteiger partial charge in [-0.15, -0.1) is 0 Å². The van der Waals surface area contributed by atoms with Crippen LogP contribution >= 0.6 is 22.9 Å². The lowest BCUT2D eigenvalue weighted by molar-refractivity contribution is 0.103. The minimum Gasteiger partial charge on any atom is -0.395 e. The molecule has 2 fully saturated rings. The van der Waals surface area contributed by atoms with Crippen LogP contribution in [-0.4, -0.2) is 81.2 Å². The number of aromatic nitrogens is 4. The van der Waals surface area contributed by atoms with Crippen molar-refractivity contribution in [2.75, 3.05) is 60.2 Å². The molecule has 2 aromatic heterocycles. The number of aliphatic hydroxyl groups is 1. The van der Waals surface area contributed by atoms with Gasteiger partial charge in [-0.2, -0.15) is 15.0 Å². The zero-order valence-electron chi connectivity index (χ0n) is 20.6. The van der Waals surface area contributed by atoms with E-state index in [1.54, 1.807) is 6.07 Å². The van der Waals surface area contributed by atoms with E-state index in [9.17, 15) is 9.90 Å². The summed E-state index contributed by atoms with van der Waals surface area (Å²) in [5.41, 5.74) is 1.47. The average Bonchev–Trinajstić information content (AvgIpc) is 3.33. The van der Waals surface area contributed by atoms with Crippen LogP contribution in [0.2, 0.25) is 5.02 Å². The first-order valence-corrected chi connectivity index (χ1v) is 13.6. The van der Waals surface area contributed by atoms with Gasteiger partial charge in [0.25, 0.3) is 5.91 Å². The van der Waals surface area contributed by atoms with Gasteiger partial charge >= 0.3 is 0 Å². The number of hydrogen-bond donors (Lipinski definition) is 4. The van der Waals surface area contributed by atoms with Crippen molar-refractivity contribution < 1.29 is 9.90 Å². The van der Waals surface area contributed by atoms with Crippen LogP contribution in [0.4, 0.5) is 28.7 Å². The number of amides is 1. The summed E-state index contributed by atoms with van der Waals surface area (Å²) in [6, 6.07) is 5.84. The lowest BCUT2D eigenvalue weighted by Crippen LogP contribution is -2.47. The standard InChI is InChI=1S/C24H30ClN9O2S/c1-15-4-2-7-17(25)19(15)28-20(36)18-14-26-24(37-18)32-22-29-21(27-16-5-3-6-16)30-23(31-22)34-10-8-33(9-11-34)12-13-35/h2,4,7,14,16,35H,3,5-6,8-13H2,1H3,(H,28,36)(H2,26,27,29,30,31,32). The molecule has 0 unspecified atom stereocenters. The zero-order chi connectivity index (χ0) is 25.8. The molecule has 2 aliphatic rings. The highest BCUT2D eigenvalue weighted by Gasteiger charge is 2.23. The molecule has 0 spiro atoms. The van der Waals surface area contributed by atoms with E-state index >= 15 is 0 Å². The third-order valence-electron chi connectivity index (χ3n) is 6.54. The number of hydrogen-bond acceptors (Lipinski definition) is 11. The summed E-state index contributed by atoms with van der Waals surface area (Å²) in [5, 5.41) is 19.6. The number of carbonyl (C=O) groups excluding carboxylic acids is 1. The minimum absolute atomic E-state index is 0.154. The van der Waals surface area contributed by atoms with Crippen molar-refractivity contribution in [1.82, 2.24) is 24.8 Å². The summed E-state index contributed by atoms with van der Waals surface area (Å²) in [6.45, 7) is 5.89. The number of thiazole rings is 1. The number of carbonyl (C=O) groups is 1. The van der Waals surface area contributed by atoms with E-state index in [0.29, 0.717) is 51.2 Å². The first-order valence-electron chi connectivity index (χ1n) is 12.4. The molecule has 13 heteroatoms. The normalized spacial score (nSPS) is 16.4. The number of nitrogens with zero attached hydrogens (tertiary/aromatic N) is 6. The molecular weight excluding hydrogens is 514 g/mol. The van der Waals surface area contributed by atoms with Crippen molar-refractivity contribution >= 4 is 57.5 Å². The molecule has 1 saturated carbocycles. The van der Waals surface area contributed by atoms with Gasteiger partial charge in [0.1, 0.15) is 4.88 Å². The largest absolute Gasteiger partial charge is 0.395 e. The molecule has 196 valence electrons. The summed E-state index contributed by atoms with van der Waals surface area (Å²) < 4.78 is 0. The van der Waals surface area contributed by atoms with Crippen LogP contribution in [0.5, 0.6) is 0 Å². The SMILES string of the molecule is Cc1cccc(Cl)c1NC(=O)c1cnc(Nc2nc(NC3CCC3)nc(N3CCN(CCO)CC3)n2)s1. The second-order valence-electron chi connectivity index (χ2n) is 9.15. The number of nitrogens with one attached hydrogen (secondary N) is 3. The molecule has 3 aromatic rings. The number of benzene rings is 1. The van der Waals surface area contributed by atoms with Gasteiger partial charge in [0.05, 0.1) is 23.5 Å². The van der Waals surface area contributed by atoms with Crippen LogP contribution in [0.3, 0.4) is 0 Å². The average molecular weight is 544 g/mol. The van der Waals surface area contributed by atoms with Gasteiger partial charge < -0.3 is 20.6 Å². The third-order valence-corrected chi connectivity index (χ3v) is 7.77. The molecule has 1 aliphatic heterocycles. The van der Waals surface area contributed by atoms with E-state index in [2.05, 4.69) is 45.7 Å². The van der Waals surface area contributed by atoms with Crippen molar-refractivity contribution in [3.8, 4) is 0 Å². The van der Waals surface area contributed by atoms with Gasteiger partial charge in [-0.1, -0.05) is 35.1 Å². The molecule has 5 rings (SSSR count). The number of rotatable bonds is 9. The Morgan fingerprint density at radius 3 is 2.65 bits per heavy atom. The number of aryl methyl sites for hydroxylation is 1. The number of piperazine rings is 1. The van der Waals surface area contributed by atoms with Gasteiger partial charge in [-0.25, -0.2) is 4.98 Å². The molecule has 1 aliphatic carbocycles. The van der Waals surface area contributed by atoms with E-state index in [1.807, 2.05) is 19.1 Å². The topological polar surface area (TPSA) is 131 Å². The predicted molar refractivity (Wildman–Crippen MR) is 146 cm³/mol. The smallest absolute Gasteiger partial charge is 0.267 e. The Kier molecular flexibility index (Phi) is 7.99. The van der Waals surface area contributed by atoms with Gasteiger partial charge in [0.15, 0.2) is 5.13 Å². The Bertz CT molecular complexity index is 1220. The summed E-state index contributed by atoms with van der Waals surface area (Å²) >= 11 is 7.46. The Morgan fingerprint density at radius 2 is 1.95 bits per heavy atom. The predicted octanol–water partition coefficient (Wildman–Crippen LogP) is 3.36. The third kappa shape index (κ3) is 6.27. The first-order chi connectivity index (χ1) is 18.0. The Labute approximate surface area is 224 Å². The first kappa shape index (κ1) is 25.6. The Morgan fingerprint density at radius 1 is 1.16 bits per heavy atom. The van der Waals surface area contributed by atoms with E-state index in [-0.39, 0.29) is 12.5 Å². The highest BCUT2D eigenvalue weighted by Crippen LogP contribution is 2.28. The number of para-hydroxylation sites is 1. The molecule has 0 atom stereocenters. The van der Waals surface area contributed by atoms with Crippen LogP contribution in [0.25, 0.3) is 0 Å². The van der Waals surface area contributed by atoms with Crippen LogP contribution in [-0.2, 0) is 0 Å². The minimum atomic E-state index is -0.286. The number of halogens is 1. The van der Waals surface area contributed by atoms with Gasteiger partial charge in [0.2, 0.25) is 17.8 Å². The highest BCUT2D eigenvalue weighted by atomic mass is 35.5. The lowest BCUT2D eigenvalue weighted by Gasteiger charge is -2.34. The summed E-state index contributed by atoms with van der Waals surface area (Å²) in [5.74, 6) is 1.20. The molecule has 4 N–H and O–H groups in total. The van der Waals surface area contributed by atoms with Crippen LogP contribution in [0.1, 0.15) is 34.5 Å². The zero-order valence-corrected chi connectivity index (χ0v) is 22.1. The lowest BCUT2D eigenvalue weighted by atomic mass is 9.93. The van der Waals surface area contributed by atoms with E-state index in [1.165, 1.54) is 24.0 Å². The number of anilines is 5. The van der Waals surface area contributed by atoms with Crippen molar-refractivity contribution in [3.05, 3.63) is 39.9 Å². The maximum absolute atomic E-state index is 12.8. The van der Waals surface area contributed by atoms with Crippen molar-refractivity contribution in [3.63, 3.8) is 0 Å². The fourth-order valence-electron chi connectivity index (χ4n) is 4.17. The maximum Gasteiger partial charge on any atom is 0.267 e. The van der Waals surface area contributed by atoms with Crippen molar-refractivity contribution in [2.24, 2.45) is 0 Å². The molecular formula is C24H30ClN9O2S. The van der Waals surface area contributed by atoms with E-state index in [4.69, 9.17) is 11.6 Å². The molecule has 11 nitrogen and oxygen atoms in total. The number of aliphatic hydroxyl groups excluding tert-OH is 1. The van der Waals surface area contributed by atoms with Crippen LogP contribution < -0.4 is 20.9 Å². The summed E-state index contributed by atoms with van der Waals surface area (Å²) in [7, 11) is 0. The second-order valence-corrected chi connectivity index (χ2v) is 10.6. The van der Waals surface area contributed by atoms with Gasteiger partial charge in [-0.3, -0.25) is 15.0 Å². The molecule has 1 saturated heterocycles. The molecule has 0 radical (unpaired) electrons. The molecule has 3 heterocycles.